The van der Waals surface area contributed by atoms with E-state index in [0.29, 0.717) is 6.54 Å². The van der Waals surface area contributed by atoms with Gasteiger partial charge in [0.25, 0.3) is 0 Å². The molecular formula is C14H14BrNO3. The fraction of sp³-hybridized carbons (Fsp3) is 0.214. The summed E-state index contributed by atoms with van der Waals surface area (Å²) in [6, 6.07) is 7.85. The minimum absolute atomic E-state index is 0.00497. The van der Waals surface area contributed by atoms with Gasteiger partial charge in [0.1, 0.15) is 0 Å². The summed E-state index contributed by atoms with van der Waals surface area (Å²) < 4.78 is 1.01. The lowest BCUT2D eigenvalue weighted by Crippen LogP contribution is -2.37. The monoisotopic (exact) mass is 323 g/mol. The molecule has 0 radical (unpaired) electrons. The van der Waals surface area contributed by atoms with Gasteiger partial charge in [-0.2, -0.15) is 0 Å². The highest BCUT2D eigenvalue weighted by molar-refractivity contribution is 9.10. The van der Waals surface area contributed by atoms with Crippen LogP contribution in [0.4, 0.5) is 0 Å². The highest BCUT2D eigenvalue weighted by atomic mass is 79.9. The van der Waals surface area contributed by atoms with Gasteiger partial charge in [-0.1, -0.05) is 34.1 Å². The third-order valence-electron chi connectivity index (χ3n) is 2.99. The van der Waals surface area contributed by atoms with Gasteiger partial charge in [0.15, 0.2) is 6.23 Å². The summed E-state index contributed by atoms with van der Waals surface area (Å²) in [5, 5.41) is 18.9. The minimum atomic E-state index is -1.09. The van der Waals surface area contributed by atoms with E-state index in [-0.39, 0.29) is 5.57 Å². The van der Waals surface area contributed by atoms with Crippen LogP contribution in [0.15, 0.2) is 52.7 Å². The Morgan fingerprint density at radius 2 is 2.11 bits per heavy atom. The normalized spacial score (nSPS) is 18.3. The van der Waals surface area contributed by atoms with Gasteiger partial charge in [-0.15, -0.1) is 0 Å². The topological polar surface area (TPSA) is 60.8 Å². The highest BCUT2D eigenvalue weighted by Gasteiger charge is 2.24. The Morgan fingerprint density at radius 1 is 1.37 bits per heavy atom. The standard InChI is InChI=1S/C14H14BrNO3/c15-12-6-2-1-4-10(12)7-9-16-8-3-5-11(13(16)17)14(18)19/h1-6,8,13,17H,7,9H2,(H,18,19). The van der Waals surface area contributed by atoms with Crippen LogP contribution in [0.5, 0.6) is 0 Å². The van der Waals surface area contributed by atoms with Crippen LogP contribution in [0, 0.1) is 0 Å². The molecule has 1 heterocycles. The molecule has 2 rings (SSSR count). The van der Waals surface area contributed by atoms with Gasteiger partial charge in [0.05, 0.1) is 5.57 Å². The number of carboxylic acid groups (broad SMARTS) is 1. The molecule has 100 valence electrons. The Morgan fingerprint density at radius 3 is 2.79 bits per heavy atom. The number of hydrogen-bond acceptors (Lipinski definition) is 3. The lowest BCUT2D eigenvalue weighted by atomic mass is 10.1. The second-order valence-corrected chi connectivity index (χ2v) is 5.08. The minimum Gasteiger partial charge on any atom is -0.478 e. The van der Waals surface area contributed by atoms with Crippen LogP contribution in [-0.2, 0) is 11.2 Å². The number of allylic oxidation sites excluding steroid dienone is 2. The van der Waals surface area contributed by atoms with E-state index in [0.717, 1.165) is 16.5 Å². The van der Waals surface area contributed by atoms with Crippen molar-refractivity contribution in [1.82, 2.24) is 4.90 Å². The first-order valence-corrected chi connectivity index (χ1v) is 6.68. The first kappa shape index (κ1) is 13.8. The van der Waals surface area contributed by atoms with Crippen molar-refractivity contribution in [2.45, 2.75) is 12.6 Å². The number of halogens is 1. The lowest BCUT2D eigenvalue weighted by Gasteiger charge is -2.29. The first-order valence-electron chi connectivity index (χ1n) is 5.88. The SMILES string of the molecule is O=C(O)C1=CC=CN(CCc2ccccc2Br)C1O. The number of carbonyl (C=O) groups is 1. The van der Waals surface area contributed by atoms with Crippen molar-refractivity contribution < 1.29 is 15.0 Å². The van der Waals surface area contributed by atoms with E-state index in [2.05, 4.69) is 15.9 Å². The van der Waals surface area contributed by atoms with E-state index >= 15 is 0 Å². The molecule has 0 spiro atoms. The Hall–Kier alpha value is -1.59. The van der Waals surface area contributed by atoms with Crippen LogP contribution in [0.3, 0.4) is 0 Å². The van der Waals surface area contributed by atoms with Gasteiger partial charge in [0.2, 0.25) is 0 Å². The number of hydrogen-bond donors (Lipinski definition) is 2. The lowest BCUT2D eigenvalue weighted by molar-refractivity contribution is -0.134. The number of aliphatic hydroxyl groups is 1. The van der Waals surface area contributed by atoms with E-state index in [1.807, 2.05) is 24.3 Å². The number of aliphatic hydroxyl groups excluding tert-OH is 1. The van der Waals surface area contributed by atoms with Crippen LogP contribution in [-0.4, -0.2) is 33.9 Å². The van der Waals surface area contributed by atoms with Gasteiger partial charge < -0.3 is 15.1 Å². The van der Waals surface area contributed by atoms with Crippen LogP contribution >= 0.6 is 15.9 Å². The van der Waals surface area contributed by atoms with Crippen LogP contribution in [0.1, 0.15) is 5.56 Å². The molecule has 19 heavy (non-hydrogen) atoms. The number of nitrogens with zero attached hydrogens (tertiary/aromatic N) is 1. The number of benzene rings is 1. The molecule has 1 aromatic carbocycles. The number of carboxylic acids is 1. The van der Waals surface area contributed by atoms with Crippen molar-refractivity contribution in [3.8, 4) is 0 Å². The molecule has 0 aliphatic carbocycles. The molecule has 0 aromatic heterocycles. The summed E-state index contributed by atoms with van der Waals surface area (Å²) in [4.78, 5) is 12.6. The summed E-state index contributed by atoms with van der Waals surface area (Å²) in [6.07, 6.45) is 4.38. The maximum Gasteiger partial charge on any atom is 0.336 e. The van der Waals surface area contributed by atoms with Gasteiger partial charge >= 0.3 is 5.97 Å². The number of rotatable bonds is 4. The summed E-state index contributed by atoms with van der Waals surface area (Å²) in [5.74, 6) is -1.09. The quantitative estimate of drug-likeness (QED) is 0.891. The second-order valence-electron chi connectivity index (χ2n) is 4.22. The van der Waals surface area contributed by atoms with Crippen molar-refractivity contribution in [3.63, 3.8) is 0 Å². The Bertz CT molecular complexity index is 539. The molecular weight excluding hydrogens is 310 g/mol. The predicted molar refractivity (Wildman–Crippen MR) is 75.4 cm³/mol. The smallest absolute Gasteiger partial charge is 0.336 e. The Balaban J connectivity index is 2.02. The molecule has 1 atom stereocenters. The highest BCUT2D eigenvalue weighted by Crippen LogP contribution is 2.19. The van der Waals surface area contributed by atoms with Crippen molar-refractivity contribution in [2.24, 2.45) is 0 Å². The van der Waals surface area contributed by atoms with E-state index < -0.39 is 12.2 Å². The second kappa shape index (κ2) is 6.04. The fourth-order valence-electron chi connectivity index (χ4n) is 1.93. The van der Waals surface area contributed by atoms with Crippen LogP contribution in [0.2, 0.25) is 0 Å². The molecule has 0 bridgehead atoms. The molecule has 0 saturated carbocycles. The summed E-state index contributed by atoms with van der Waals surface area (Å²) in [6.45, 7) is 0.547. The molecule has 0 amide bonds. The van der Waals surface area contributed by atoms with E-state index in [1.54, 1.807) is 17.2 Å². The fourth-order valence-corrected chi connectivity index (χ4v) is 2.42. The molecule has 1 aliphatic heterocycles. The Labute approximate surface area is 119 Å². The summed E-state index contributed by atoms with van der Waals surface area (Å²) >= 11 is 3.47. The van der Waals surface area contributed by atoms with Crippen molar-refractivity contribution >= 4 is 21.9 Å². The van der Waals surface area contributed by atoms with E-state index in [9.17, 15) is 9.90 Å². The summed E-state index contributed by atoms with van der Waals surface area (Å²) in [7, 11) is 0. The van der Waals surface area contributed by atoms with E-state index in [1.165, 1.54) is 6.08 Å². The molecule has 1 aromatic rings. The van der Waals surface area contributed by atoms with Crippen molar-refractivity contribution in [3.05, 3.63) is 58.2 Å². The maximum atomic E-state index is 10.9. The van der Waals surface area contributed by atoms with E-state index in [4.69, 9.17) is 5.11 Å². The zero-order chi connectivity index (χ0) is 13.8. The molecule has 5 heteroatoms. The largest absolute Gasteiger partial charge is 0.478 e. The molecule has 0 saturated heterocycles. The zero-order valence-electron chi connectivity index (χ0n) is 10.2. The van der Waals surface area contributed by atoms with Crippen molar-refractivity contribution in [1.29, 1.82) is 0 Å². The molecule has 0 fully saturated rings. The summed E-state index contributed by atoms with van der Waals surface area (Å²) in [5.41, 5.74) is 1.11. The van der Waals surface area contributed by atoms with Crippen molar-refractivity contribution in [2.75, 3.05) is 6.54 Å². The molecule has 4 nitrogen and oxygen atoms in total. The predicted octanol–water partition coefficient (Wildman–Crippen LogP) is 2.15. The third-order valence-corrected chi connectivity index (χ3v) is 3.76. The average molecular weight is 324 g/mol. The average Bonchev–Trinajstić information content (AvgIpc) is 2.39. The molecule has 1 aliphatic rings. The zero-order valence-corrected chi connectivity index (χ0v) is 11.7. The third kappa shape index (κ3) is 3.24. The molecule has 1 unspecified atom stereocenters. The van der Waals surface area contributed by atoms with Gasteiger partial charge in [-0.3, -0.25) is 0 Å². The van der Waals surface area contributed by atoms with Gasteiger partial charge in [0, 0.05) is 17.2 Å². The Kier molecular flexibility index (Phi) is 4.39. The van der Waals surface area contributed by atoms with Crippen LogP contribution < -0.4 is 0 Å². The first-order chi connectivity index (χ1) is 9.09. The van der Waals surface area contributed by atoms with Gasteiger partial charge in [-0.25, -0.2) is 4.79 Å². The van der Waals surface area contributed by atoms with Gasteiger partial charge in [-0.05, 0) is 30.2 Å². The maximum absolute atomic E-state index is 10.9. The molecule has 2 N–H and O–H groups in total. The number of aliphatic carboxylic acids is 1. The van der Waals surface area contributed by atoms with Crippen LogP contribution in [0.25, 0.3) is 0 Å².